The normalized spacial score (nSPS) is 25.6. The third-order valence-corrected chi connectivity index (χ3v) is 6.97. The molecule has 0 radical (unpaired) electrons. The predicted octanol–water partition coefficient (Wildman–Crippen LogP) is 2.02. The number of aryl methyl sites for hydroxylation is 1. The molecule has 2 amide bonds. The van der Waals surface area contributed by atoms with Crippen molar-refractivity contribution in [3.63, 3.8) is 0 Å². The number of ether oxygens (including phenoxy) is 1. The largest absolute Gasteiger partial charge is 0.503 e. The monoisotopic (exact) mass is 459 g/mol. The van der Waals surface area contributed by atoms with Crippen LogP contribution in [0, 0.1) is 18.6 Å². The first-order valence-electron chi connectivity index (χ1n) is 10.8. The molecule has 33 heavy (non-hydrogen) atoms. The highest BCUT2D eigenvalue weighted by molar-refractivity contribution is 5.99. The summed E-state index contributed by atoms with van der Waals surface area (Å²) in [6.45, 7) is 3.77. The van der Waals surface area contributed by atoms with Crippen molar-refractivity contribution in [2.75, 3.05) is 13.2 Å². The number of aromatic nitrogens is 1. The SMILES string of the molecule is Cc1cc(F)c(CNC(=O)c2cn3c(c(O)c2=O)C(=O)N2C[C@@H]3[C@]3(CC[C@@H]2C)CO3)c(F)c1. The number of epoxide rings is 1. The van der Waals surface area contributed by atoms with Gasteiger partial charge in [0.1, 0.15) is 22.8 Å². The van der Waals surface area contributed by atoms with E-state index in [1.54, 1.807) is 11.8 Å². The van der Waals surface area contributed by atoms with Crippen molar-refractivity contribution in [3.05, 3.63) is 62.6 Å². The van der Waals surface area contributed by atoms with E-state index in [0.717, 1.165) is 12.1 Å². The van der Waals surface area contributed by atoms with E-state index in [4.69, 9.17) is 4.74 Å². The standard InChI is InChI=1S/C23H23F2N3O5/c1-11-5-15(24)13(16(25)6-11)7-26-21(31)14-8-28-17-9-27(12(2)3-4-23(17)10-33-23)22(32)18(28)20(30)19(14)29/h5-6,8,12,17,30H,3-4,7,9-10H2,1-2H3,(H,26,31)/t12-,17+,23-/m0/s1. The molecule has 2 aromatic rings. The molecule has 1 aromatic heterocycles. The Labute approximate surface area is 187 Å². The fourth-order valence-corrected chi connectivity index (χ4v) is 4.90. The van der Waals surface area contributed by atoms with Crippen LogP contribution in [0.2, 0.25) is 0 Å². The Morgan fingerprint density at radius 3 is 2.61 bits per heavy atom. The third kappa shape index (κ3) is 3.31. The van der Waals surface area contributed by atoms with Gasteiger partial charge in [-0.2, -0.15) is 0 Å². The molecular weight excluding hydrogens is 436 g/mol. The molecule has 2 N–H and O–H groups in total. The summed E-state index contributed by atoms with van der Waals surface area (Å²) >= 11 is 0. The maximum Gasteiger partial charge on any atom is 0.274 e. The highest BCUT2D eigenvalue weighted by atomic mass is 19.1. The average Bonchev–Trinajstić information content (AvgIpc) is 3.55. The Morgan fingerprint density at radius 1 is 1.30 bits per heavy atom. The van der Waals surface area contributed by atoms with Crippen molar-refractivity contribution in [2.45, 2.75) is 50.9 Å². The van der Waals surface area contributed by atoms with Gasteiger partial charge in [-0.15, -0.1) is 0 Å². The Bertz CT molecular complexity index is 1230. The molecule has 5 rings (SSSR count). The van der Waals surface area contributed by atoms with Gasteiger partial charge in [-0.05, 0) is 44.4 Å². The predicted molar refractivity (Wildman–Crippen MR) is 112 cm³/mol. The number of benzene rings is 1. The zero-order valence-electron chi connectivity index (χ0n) is 18.2. The van der Waals surface area contributed by atoms with Crippen LogP contribution in [0.4, 0.5) is 8.78 Å². The molecule has 174 valence electrons. The molecule has 3 aliphatic heterocycles. The number of pyridine rings is 1. The summed E-state index contributed by atoms with van der Waals surface area (Å²) in [7, 11) is 0. The average molecular weight is 459 g/mol. The number of carbonyl (C=O) groups excluding carboxylic acids is 2. The number of nitrogens with zero attached hydrogens (tertiary/aromatic N) is 2. The van der Waals surface area contributed by atoms with E-state index in [-0.39, 0.29) is 23.3 Å². The van der Waals surface area contributed by atoms with Crippen molar-refractivity contribution in [1.29, 1.82) is 0 Å². The lowest BCUT2D eigenvalue weighted by Gasteiger charge is -2.38. The topological polar surface area (TPSA) is 104 Å². The number of fused-ring (bicyclic) bond motifs is 5. The number of hydrogen-bond acceptors (Lipinski definition) is 5. The Hall–Kier alpha value is -3.27. The van der Waals surface area contributed by atoms with Crippen LogP contribution in [-0.2, 0) is 11.3 Å². The highest BCUT2D eigenvalue weighted by Crippen LogP contribution is 2.48. The maximum absolute atomic E-state index is 14.1. The first-order valence-corrected chi connectivity index (χ1v) is 10.8. The molecule has 2 fully saturated rings. The minimum absolute atomic E-state index is 0.0888. The van der Waals surface area contributed by atoms with Crippen LogP contribution in [0.5, 0.6) is 5.75 Å². The molecule has 4 heterocycles. The van der Waals surface area contributed by atoms with Crippen molar-refractivity contribution in [3.8, 4) is 5.75 Å². The summed E-state index contributed by atoms with van der Waals surface area (Å²) in [6, 6.07) is 1.82. The number of aromatic hydroxyl groups is 1. The Morgan fingerprint density at radius 2 is 1.97 bits per heavy atom. The number of hydrogen-bond donors (Lipinski definition) is 2. The summed E-state index contributed by atoms with van der Waals surface area (Å²) in [4.78, 5) is 40.3. The maximum atomic E-state index is 14.1. The number of halogens is 2. The molecule has 2 saturated heterocycles. The smallest absolute Gasteiger partial charge is 0.274 e. The number of amides is 2. The van der Waals surface area contributed by atoms with E-state index in [0.29, 0.717) is 31.6 Å². The van der Waals surface area contributed by atoms with Crippen molar-refractivity contribution in [1.82, 2.24) is 14.8 Å². The zero-order valence-corrected chi connectivity index (χ0v) is 18.2. The van der Waals surface area contributed by atoms with Gasteiger partial charge in [-0.3, -0.25) is 14.4 Å². The first-order chi connectivity index (χ1) is 15.6. The van der Waals surface area contributed by atoms with Crippen LogP contribution >= 0.6 is 0 Å². The summed E-state index contributed by atoms with van der Waals surface area (Å²) in [5.41, 5.74) is -2.08. The van der Waals surface area contributed by atoms with Gasteiger partial charge in [0.05, 0.1) is 12.6 Å². The quantitative estimate of drug-likeness (QED) is 0.684. The third-order valence-electron chi connectivity index (χ3n) is 6.97. The molecule has 0 unspecified atom stereocenters. The van der Waals surface area contributed by atoms with Crippen LogP contribution < -0.4 is 10.7 Å². The fraction of sp³-hybridized carbons (Fsp3) is 0.435. The minimum atomic E-state index is -1.02. The molecule has 3 aliphatic rings. The van der Waals surface area contributed by atoms with Gasteiger partial charge in [0.25, 0.3) is 11.8 Å². The van der Waals surface area contributed by atoms with Gasteiger partial charge in [-0.25, -0.2) is 8.78 Å². The number of carbonyl (C=O) groups is 2. The molecule has 0 saturated carbocycles. The molecule has 0 aliphatic carbocycles. The lowest BCUT2D eigenvalue weighted by molar-refractivity contribution is 0.0574. The van der Waals surface area contributed by atoms with Crippen LogP contribution in [0.15, 0.2) is 23.1 Å². The van der Waals surface area contributed by atoms with Gasteiger partial charge in [0, 0.05) is 30.9 Å². The molecular formula is C23H23F2N3O5. The number of nitrogens with one attached hydrogen (secondary N) is 1. The molecule has 3 atom stereocenters. The summed E-state index contributed by atoms with van der Waals surface area (Å²) in [5.74, 6) is -3.85. The van der Waals surface area contributed by atoms with E-state index in [1.165, 1.54) is 10.8 Å². The van der Waals surface area contributed by atoms with E-state index >= 15 is 0 Å². The van der Waals surface area contributed by atoms with Gasteiger partial charge >= 0.3 is 0 Å². The molecule has 2 bridgehead atoms. The van der Waals surface area contributed by atoms with E-state index in [2.05, 4.69) is 5.32 Å². The van der Waals surface area contributed by atoms with Gasteiger partial charge in [0.2, 0.25) is 5.43 Å². The van der Waals surface area contributed by atoms with Crippen molar-refractivity contribution in [2.24, 2.45) is 0 Å². The highest BCUT2D eigenvalue weighted by Gasteiger charge is 2.57. The van der Waals surface area contributed by atoms with E-state index in [1.807, 2.05) is 6.92 Å². The lowest BCUT2D eigenvalue weighted by Crippen LogP contribution is -2.49. The summed E-state index contributed by atoms with van der Waals surface area (Å²) < 4.78 is 35.5. The van der Waals surface area contributed by atoms with Crippen LogP contribution in [0.3, 0.4) is 0 Å². The lowest BCUT2D eigenvalue weighted by atomic mass is 9.94. The number of rotatable bonds is 3. The van der Waals surface area contributed by atoms with Gasteiger partial charge < -0.3 is 24.6 Å². The zero-order chi connectivity index (χ0) is 23.7. The second-order valence-electron chi connectivity index (χ2n) is 9.08. The van der Waals surface area contributed by atoms with E-state index < -0.39 is 52.3 Å². The second-order valence-corrected chi connectivity index (χ2v) is 9.08. The van der Waals surface area contributed by atoms with E-state index in [9.17, 15) is 28.3 Å². The van der Waals surface area contributed by atoms with Gasteiger partial charge in [0.15, 0.2) is 11.4 Å². The summed E-state index contributed by atoms with van der Waals surface area (Å²) in [6.07, 6.45) is 2.65. The van der Waals surface area contributed by atoms with Crippen molar-refractivity contribution >= 4 is 11.8 Å². The molecule has 1 spiro atoms. The van der Waals surface area contributed by atoms with Crippen LogP contribution in [0.1, 0.15) is 57.8 Å². The Balaban J connectivity index is 1.52. The Kier molecular flexibility index (Phi) is 4.82. The minimum Gasteiger partial charge on any atom is -0.503 e. The first kappa shape index (κ1) is 21.6. The van der Waals surface area contributed by atoms with Crippen LogP contribution in [-0.4, -0.2) is 51.2 Å². The molecule has 10 heteroatoms. The summed E-state index contributed by atoms with van der Waals surface area (Å²) in [5, 5.41) is 13.0. The molecule has 8 nitrogen and oxygen atoms in total. The fourth-order valence-electron chi connectivity index (χ4n) is 4.90. The van der Waals surface area contributed by atoms with Crippen LogP contribution in [0.25, 0.3) is 0 Å². The second kappa shape index (κ2) is 7.38. The van der Waals surface area contributed by atoms with Gasteiger partial charge in [-0.1, -0.05) is 0 Å². The molecule has 1 aromatic carbocycles. The van der Waals surface area contributed by atoms with Crippen molar-refractivity contribution < 1.29 is 28.2 Å².